The van der Waals surface area contributed by atoms with E-state index in [1.54, 1.807) is 13.8 Å². The molecular formula is C33H44N4O6S. The fourth-order valence-electron chi connectivity index (χ4n) is 5.40. The summed E-state index contributed by atoms with van der Waals surface area (Å²) in [7, 11) is -2.64. The summed E-state index contributed by atoms with van der Waals surface area (Å²) in [6.45, 7) is 5.04. The van der Waals surface area contributed by atoms with E-state index < -0.39 is 40.2 Å². The molecule has 0 heterocycles. The molecule has 2 amide bonds. The van der Waals surface area contributed by atoms with E-state index in [1.807, 2.05) is 67.6 Å². The third-order valence-electron chi connectivity index (χ3n) is 7.49. The Balaban J connectivity index is 1.74. The van der Waals surface area contributed by atoms with Crippen LogP contribution in [0.15, 0.2) is 89.8 Å². The van der Waals surface area contributed by atoms with Crippen LogP contribution in [-0.4, -0.2) is 67.7 Å². The van der Waals surface area contributed by atoms with Gasteiger partial charge in [0.05, 0.1) is 18.6 Å². The third kappa shape index (κ3) is 9.04. The molecule has 0 aliphatic carbocycles. The first kappa shape index (κ1) is 34.6. The number of nitrogens with zero attached hydrogens (tertiary/aromatic N) is 1. The molecule has 0 saturated carbocycles. The van der Waals surface area contributed by atoms with Gasteiger partial charge >= 0.3 is 6.09 Å². The topological polar surface area (TPSA) is 151 Å². The van der Waals surface area contributed by atoms with Gasteiger partial charge in [0.15, 0.2) is 0 Å². The number of nitrogens with two attached hydrogens (primary N) is 1. The second-order valence-corrected chi connectivity index (χ2v) is 12.9. The van der Waals surface area contributed by atoms with Gasteiger partial charge in [-0.15, -0.1) is 0 Å². The first-order valence-electron chi connectivity index (χ1n) is 14.7. The van der Waals surface area contributed by atoms with Crippen molar-refractivity contribution in [2.24, 2.45) is 0 Å². The van der Waals surface area contributed by atoms with Crippen molar-refractivity contribution in [2.45, 2.75) is 75.0 Å². The van der Waals surface area contributed by atoms with Gasteiger partial charge in [-0.25, -0.2) is 13.2 Å². The van der Waals surface area contributed by atoms with Crippen LogP contribution in [0.4, 0.5) is 10.5 Å². The zero-order chi connectivity index (χ0) is 32.3. The molecule has 0 radical (unpaired) electrons. The average molecular weight is 625 g/mol. The summed E-state index contributed by atoms with van der Waals surface area (Å²) in [4.78, 5) is 26.2. The molecule has 5 N–H and O–H groups in total. The van der Waals surface area contributed by atoms with Crippen molar-refractivity contribution in [3.63, 3.8) is 0 Å². The van der Waals surface area contributed by atoms with Crippen molar-refractivity contribution >= 4 is 27.7 Å². The van der Waals surface area contributed by atoms with Crippen molar-refractivity contribution in [1.29, 1.82) is 0 Å². The van der Waals surface area contributed by atoms with Crippen LogP contribution < -0.4 is 16.4 Å². The molecule has 0 fully saturated rings. The molecule has 0 saturated heterocycles. The van der Waals surface area contributed by atoms with Crippen molar-refractivity contribution in [1.82, 2.24) is 14.9 Å². The SMILES string of the molecule is COC(=O)N[C@H](C(=O)N[C@@H](C)CCCC(CO)N(C(C)C)S(=O)(=O)c1ccc(N)cc1)C(c1ccccc1)c1ccccc1. The minimum atomic E-state index is -3.89. The van der Waals surface area contributed by atoms with Crippen LogP contribution in [-0.2, 0) is 19.6 Å². The molecule has 0 aliphatic heterocycles. The van der Waals surface area contributed by atoms with Gasteiger partial charge in [-0.05, 0) is 75.4 Å². The summed E-state index contributed by atoms with van der Waals surface area (Å²) in [5, 5.41) is 16.0. The number of amides is 2. The molecule has 10 nitrogen and oxygen atoms in total. The molecule has 0 aliphatic rings. The predicted molar refractivity (Wildman–Crippen MR) is 171 cm³/mol. The summed E-state index contributed by atoms with van der Waals surface area (Å²) in [5.41, 5.74) is 7.90. The number of carbonyl (C=O) groups is 2. The van der Waals surface area contributed by atoms with E-state index in [2.05, 4.69) is 10.6 Å². The Morgan fingerprint density at radius 3 is 1.89 bits per heavy atom. The number of alkyl carbamates (subject to hydrolysis) is 1. The first-order valence-corrected chi connectivity index (χ1v) is 16.2. The molecular weight excluding hydrogens is 580 g/mol. The monoisotopic (exact) mass is 624 g/mol. The summed E-state index contributed by atoms with van der Waals surface area (Å²) in [5.74, 6) is -0.866. The number of hydrogen-bond acceptors (Lipinski definition) is 7. The van der Waals surface area contributed by atoms with Crippen LogP contribution in [0.2, 0.25) is 0 Å². The minimum absolute atomic E-state index is 0.106. The second kappa shape index (κ2) is 16.2. The molecule has 3 atom stereocenters. The van der Waals surface area contributed by atoms with E-state index in [4.69, 9.17) is 10.5 Å². The Morgan fingerprint density at radius 2 is 1.41 bits per heavy atom. The van der Waals surface area contributed by atoms with Crippen LogP contribution in [0, 0.1) is 0 Å². The Morgan fingerprint density at radius 1 is 0.864 bits per heavy atom. The van der Waals surface area contributed by atoms with Gasteiger partial charge in [-0.1, -0.05) is 60.7 Å². The lowest BCUT2D eigenvalue weighted by Crippen LogP contribution is -2.52. The lowest BCUT2D eigenvalue weighted by atomic mass is 9.84. The van der Waals surface area contributed by atoms with Gasteiger partial charge < -0.3 is 26.2 Å². The highest BCUT2D eigenvalue weighted by Crippen LogP contribution is 2.29. The standard InChI is InChI=1S/C33H44N4O6S/c1-23(2)37(44(41,42)29-20-18-27(34)19-21-29)28(22-38)17-11-12-24(3)35-32(39)31(36-33(40)43-4)30(25-13-7-5-8-14-25)26-15-9-6-10-16-26/h5-10,13-16,18-21,23-24,28,30-31,38H,11-12,17,22,34H2,1-4H3,(H,35,39)(H,36,40)/t24-,28?,31-/m0/s1. The van der Waals surface area contributed by atoms with E-state index >= 15 is 0 Å². The molecule has 3 rings (SSSR count). The highest BCUT2D eigenvalue weighted by molar-refractivity contribution is 7.89. The third-order valence-corrected chi connectivity index (χ3v) is 9.63. The average Bonchev–Trinajstić information content (AvgIpc) is 3.01. The van der Waals surface area contributed by atoms with Crippen LogP contribution in [0.3, 0.4) is 0 Å². The Bertz CT molecular complexity index is 1400. The molecule has 0 spiro atoms. The van der Waals surface area contributed by atoms with Crippen LogP contribution in [0.1, 0.15) is 57.1 Å². The summed E-state index contributed by atoms with van der Waals surface area (Å²) < 4.78 is 33.2. The fraction of sp³-hybridized carbons (Fsp3) is 0.394. The molecule has 0 bridgehead atoms. The number of sulfonamides is 1. The number of methoxy groups -OCH3 is 1. The van der Waals surface area contributed by atoms with Crippen LogP contribution >= 0.6 is 0 Å². The number of ether oxygens (including phenoxy) is 1. The summed E-state index contributed by atoms with van der Waals surface area (Å²) >= 11 is 0. The molecule has 0 aromatic heterocycles. The van der Waals surface area contributed by atoms with Gasteiger partial charge in [0.1, 0.15) is 6.04 Å². The van der Waals surface area contributed by atoms with E-state index in [0.29, 0.717) is 24.9 Å². The number of aliphatic hydroxyl groups is 1. The molecule has 238 valence electrons. The quantitative estimate of drug-likeness (QED) is 0.185. The maximum absolute atomic E-state index is 13.7. The van der Waals surface area contributed by atoms with Gasteiger partial charge in [0, 0.05) is 29.7 Å². The number of nitrogens with one attached hydrogen (secondary N) is 2. The fourth-order valence-corrected chi connectivity index (χ4v) is 7.25. The number of anilines is 1. The van der Waals surface area contributed by atoms with Crippen molar-refractivity contribution in [3.05, 3.63) is 96.1 Å². The predicted octanol–water partition coefficient (Wildman–Crippen LogP) is 4.26. The minimum Gasteiger partial charge on any atom is -0.453 e. The highest BCUT2D eigenvalue weighted by Gasteiger charge is 2.35. The molecule has 11 heteroatoms. The van der Waals surface area contributed by atoms with Gasteiger partial charge in [-0.2, -0.15) is 4.31 Å². The number of hydrogen-bond donors (Lipinski definition) is 4. The van der Waals surface area contributed by atoms with Gasteiger partial charge in [0.25, 0.3) is 0 Å². The van der Waals surface area contributed by atoms with Gasteiger partial charge in [0.2, 0.25) is 15.9 Å². The van der Waals surface area contributed by atoms with Gasteiger partial charge in [-0.3, -0.25) is 4.79 Å². The van der Waals surface area contributed by atoms with Crippen molar-refractivity contribution in [2.75, 3.05) is 19.5 Å². The number of carbonyl (C=O) groups excluding carboxylic acids is 2. The first-order chi connectivity index (χ1) is 21.0. The van der Waals surface area contributed by atoms with E-state index in [-0.39, 0.29) is 23.5 Å². The van der Waals surface area contributed by atoms with E-state index in [1.165, 1.54) is 35.7 Å². The smallest absolute Gasteiger partial charge is 0.407 e. The van der Waals surface area contributed by atoms with Crippen molar-refractivity contribution < 1.29 is 27.9 Å². The second-order valence-electron chi connectivity index (χ2n) is 11.1. The van der Waals surface area contributed by atoms with Crippen LogP contribution in [0.5, 0.6) is 0 Å². The summed E-state index contributed by atoms with van der Waals surface area (Å²) in [6, 6.07) is 22.6. The normalized spacial score (nSPS) is 13.8. The zero-order valence-electron chi connectivity index (χ0n) is 25.7. The molecule has 1 unspecified atom stereocenters. The van der Waals surface area contributed by atoms with Crippen molar-refractivity contribution in [3.8, 4) is 0 Å². The maximum atomic E-state index is 13.7. The summed E-state index contributed by atoms with van der Waals surface area (Å²) in [6.07, 6.45) is 0.700. The number of aliphatic hydroxyl groups excluding tert-OH is 1. The maximum Gasteiger partial charge on any atom is 0.407 e. The number of benzene rings is 3. The highest BCUT2D eigenvalue weighted by atomic mass is 32.2. The zero-order valence-corrected chi connectivity index (χ0v) is 26.5. The largest absolute Gasteiger partial charge is 0.453 e. The lowest BCUT2D eigenvalue weighted by Gasteiger charge is -2.33. The Labute approximate surface area is 260 Å². The lowest BCUT2D eigenvalue weighted by molar-refractivity contribution is -0.124. The molecule has 3 aromatic rings. The number of nitrogen functional groups attached to an aromatic ring is 1. The number of rotatable bonds is 15. The Hall–Kier alpha value is -3.93. The van der Waals surface area contributed by atoms with E-state index in [9.17, 15) is 23.1 Å². The Kier molecular flexibility index (Phi) is 12.7. The molecule has 44 heavy (non-hydrogen) atoms. The van der Waals surface area contributed by atoms with E-state index in [0.717, 1.165) is 11.1 Å². The molecule has 3 aromatic carbocycles. The van der Waals surface area contributed by atoms with Crippen LogP contribution in [0.25, 0.3) is 0 Å².